The maximum atomic E-state index is 6.05. The van der Waals surface area contributed by atoms with Crippen LogP contribution in [-0.4, -0.2) is 33.0 Å². The highest BCUT2D eigenvalue weighted by Gasteiger charge is 2.32. The van der Waals surface area contributed by atoms with E-state index in [0.717, 1.165) is 35.8 Å². The van der Waals surface area contributed by atoms with Crippen molar-refractivity contribution in [2.75, 3.05) is 18.0 Å². The molecule has 0 aliphatic carbocycles. The smallest absolute Gasteiger partial charge is 0.171 e. The van der Waals surface area contributed by atoms with Gasteiger partial charge in [-0.05, 0) is 18.2 Å². The number of aromatic amines is 1. The van der Waals surface area contributed by atoms with Crippen LogP contribution in [0.15, 0.2) is 30.6 Å². The molecule has 0 radical (unpaired) electrons. The van der Waals surface area contributed by atoms with Crippen LogP contribution in [0.1, 0.15) is 11.7 Å². The van der Waals surface area contributed by atoms with Gasteiger partial charge in [0.05, 0.1) is 17.0 Å². The Morgan fingerprint density at radius 2 is 1.95 bits per heavy atom. The first-order valence-electron chi connectivity index (χ1n) is 6.57. The summed E-state index contributed by atoms with van der Waals surface area (Å²) < 4.78 is 0. The van der Waals surface area contributed by atoms with E-state index in [1.807, 2.05) is 18.2 Å². The summed E-state index contributed by atoms with van der Waals surface area (Å²) in [6, 6.07) is 5.68. The largest absolute Gasteiger partial charge is 0.352 e. The monoisotopic (exact) mass is 319 g/mol. The predicted octanol–water partition coefficient (Wildman–Crippen LogP) is 3.26. The van der Waals surface area contributed by atoms with Crippen LogP contribution >= 0.6 is 23.2 Å². The van der Waals surface area contributed by atoms with Crippen molar-refractivity contribution in [2.24, 2.45) is 0 Å². The van der Waals surface area contributed by atoms with Crippen LogP contribution in [0.2, 0.25) is 10.2 Å². The van der Waals surface area contributed by atoms with Gasteiger partial charge in [-0.15, -0.1) is 0 Å². The molecule has 106 valence electrons. The lowest BCUT2D eigenvalue weighted by Crippen LogP contribution is -2.46. The number of rotatable bonds is 2. The molecule has 7 heteroatoms. The van der Waals surface area contributed by atoms with E-state index < -0.39 is 0 Å². The minimum absolute atomic E-state index is 0.342. The zero-order chi connectivity index (χ0) is 14.4. The zero-order valence-electron chi connectivity index (χ0n) is 10.9. The Morgan fingerprint density at radius 1 is 1.14 bits per heavy atom. The highest BCUT2D eigenvalue weighted by Crippen LogP contribution is 2.32. The molecular weight excluding hydrogens is 309 g/mol. The maximum absolute atomic E-state index is 6.05. The normalized spacial score (nSPS) is 15.4. The molecule has 0 saturated carbocycles. The third-order valence-corrected chi connectivity index (χ3v) is 4.17. The van der Waals surface area contributed by atoms with Crippen LogP contribution in [0.3, 0.4) is 0 Å². The summed E-state index contributed by atoms with van der Waals surface area (Å²) in [4.78, 5) is 18.4. The van der Waals surface area contributed by atoms with Gasteiger partial charge >= 0.3 is 0 Å². The molecule has 0 bridgehead atoms. The van der Waals surface area contributed by atoms with Gasteiger partial charge in [0, 0.05) is 30.5 Å². The Hall–Kier alpha value is -1.85. The lowest BCUT2D eigenvalue weighted by Gasteiger charge is -2.39. The van der Waals surface area contributed by atoms with Gasteiger partial charge in [0.15, 0.2) is 11.0 Å². The molecule has 3 heterocycles. The molecule has 0 atom stereocenters. The van der Waals surface area contributed by atoms with Gasteiger partial charge < -0.3 is 9.88 Å². The molecular formula is C14H11Cl2N5. The van der Waals surface area contributed by atoms with Crippen molar-refractivity contribution in [2.45, 2.75) is 5.92 Å². The topological polar surface area (TPSA) is 57.7 Å². The summed E-state index contributed by atoms with van der Waals surface area (Å²) in [6.45, 7) is 1.65. The van der Waals surface area contributed by atoms with E-state index in [1.165, 1.54) is 0 Å². The molecule has 3 aromatic rings. The number of H-pyrrole nitrogens is 1. The second kappa shape index (κ2) is 4.86. The average molecular weight is 320 g/mol. The molecule has 1 N–H and O–H groups in total. The lowest BCUT2D eigenvalue weighted by atomic mass is 10.00. The SMILES string of the molecule is Clc1ccc2[nH]c(C3CN(c4nccnc4Cl)C3)nc2c1. The summed E-state index contributed by atoms with van der Waals surface area (Å²) in [7, 11) is 0. The molecule has 4 rings (SSSR count). The quantitative estimate of drug-likeness (QED) is 0.787. The third-order valence-electron chi connectivity index (χ3n) is 3.67. The second-order valence-corrected chi connectivity index (χ2v) is 5.85. The van der Waals surface area contributed by atoms with Crippen molar-refractivity contribution in [1.82, 2.24) is 19.9 Å². The molecule has 0 unspecified atom stereocenters. The van der Waals surface area contributed by atoms with Crippen LogP contribution in [-0.2, 0) is 0 Å². The minimum Gasteiger partial charge on any atom is -0.352 e. The van der Waals surface area contributed by atoms with Gasteiger partial charge in [0.25, 0.3) is 0 Å². The van der Waals surface area contributed by atoms with Gasteiger partial charge in [0.2, 0.25) is 0 Å². The maximum Gasteiger partial charge on any atom is 0.171 e. The highest BCUT2D eigenvalue weighted by molar-refractivity contribution is 6.31. The van der Waals surface area contributed by atoms with Gasteiger partial charge in [-0.1, -0.05) is 23.2 Å². The number of anilines is 1. The Labute approximate surface area is 130 Å². The molecule has 0 amide bonds. The summed E-state index contributed by atoms with van der Waals surface area (Å²) in [5.74, 6) is 2.05. The number of halogens is 2. The van der Waals surface area contributed by atoms with Crippen LogP contribution in [0.25, 0.3) is 11.0 Å². The fraction of sp³-hybridized carbons (Fsp3) is 0.214. The van der Waals surface area contributed by atoms with Crippen molar-refractivity contribution in [1.29, 1.82) is 0 Å². The number of nitrogens with one attached hydrogen (secondary N) is 1. The average Bonchev–Trinajstić information content (AvgIpc) is 2.81. The molecule has 1 aromatic carbocycles. The van der Waals surface area contributed by atoms with Crippen LogP contribution in [0.5, 0.6) is 0 Å². The van der Waals surface area contributed by atoms with E-state index >= 15 is 0 Å². The number of imidazole rings is 1. The highest BCUT2D eigenvalue weighted by atomic mass is 35.5. The van der Waals surface area contributed by atoms with Gasteiger partial charge in [0.1, 0.15) is 5.82 Å². The Kier molecular flexibility index (Phi) is 2.97. The Balaban J connectivity index is 1.55. The van der Waals surface area contributed by atoms with Crippen molar-refractivity contribution < 1.29 is 0 Å². The third kappa shape index (κ3) is 2.22. The summed E-state index contributed by atoms with van der Waals surface area (Å²) >= 11 is 12.0. The molecule has 1 aliphatic rings. The molecule has 5 nitrogen and oxygen atoms in total. The first kappa shape index (κ1) is 12.9. The minimum atomic E-state index is 0.342. The Bertz CT molecular complexity index is 810. The van der Waals surface area contributed by atoms with E-state index in [-0.39, 0.29) is 0 Å². The van der Waals surface area contributed by atoms with E-state index in [0.29, 0.717) is 16.1 Å². The molecule has 1 saturated heterocycles. The van der Waals surface area contributed by atoms with E-state index in [2.05, 4.69) is 24.8 Å². The number of benzene rings is 1. The number of aromatic nitrogens is 4. The van der Waals surface area contributed by atoms with Crippen LogP contribution < -0.4 is 4.90 Å². The molecule has 0 spiro atoms. The van der Waals surface area contributed by atoms with Crippen molar-refractivity contribution in [3.63, 3.8) is 0 Å². The molecule has 1 aliphatic heterocycles. The van der Waals surface area contributed by atoms with E-state index in [9.17, 15) is 0 Å². The number of hydrogen-bond acceptors (Lipinski definition) is 4. The number of nitrogens with zero attached hydrogens (tertiary/aromatic N) is 4. The number of fused-ring (bicyclic) bond motifs is 1. The first-order chi connectivity index (χ1) is 10.2. The summed E-state index contributed by atoms with van der Waals surface area (Å²) in [5.41, 5.74) is 1.90. The summed E-state index contributed by atoms with van der Waals surface area (Å²) in [6.07, 6.45) is 3.24. The number of hydrogen-bond donors (Lipinski definition) is 1. The molecule has 21 heavy (non-hydrogen) atoms. The fourth-order valence-corrected chi connectivity index (χ4v) is 2.93. The Morgan fingerprint density at radius 3 is 2.76 bits per heavy atom. The molecule has 1 fully saturated rings. The predicted molar refractivity (Wildman–Crippen MR) is 83.1 cm³/mol. The standard InChI is InChI=1S/C14H11Cl2N5/c15-9-1-2-10-11(5-9)20-13(19-10)8-6-21(7-8)14-12(16)17-3-4-18-14/h1-5,8H,6-7H2,(H,19,20). The molecule has 2 aromatic heterocycles. The van der Waals surface area contributed by atoms with Gasteiger partial charge in [-0.3, -0.25) is 0 Å². The second-order valence-electron chi connectivity index (χ2n) is 5.06. The fourth-order valence-electron chi connectivity index (χ4n) is 2.54. The summed E-state index contributed by atoms with van der Waals surface area (Å²) in [5, 5.41) is 1.13. The van der Waals surface area contributed by atoms with Gasteiger partial charge in [-0.25, -0.2) is 15.0 Å². The van der Waals surface area contributed by atoms with E-state index in [1.54, 1.807) is 12.4 Å². The van der Waals surface area contributed by atoms with Crippen LogP contribution in [0.4, 0.5) is 5.82 Å². The van der Waals surface area contributed by atoms with Crippen molar-refractivity contribution >= 4 is 40.1 Å². The van der Waals surface area contributed by atoms with Crippen molar-refractivity contribution in [3.8, 4) is 0 Å². The zero-order valence-corrected chi connectivity index (χ0v) is 12.4. The lowest BCUT2D eigenvalue weighted by molar-refractivity contribution is 0.500. The van der Waals surface area contributed by atoms with E-state index in [4.69, 9.17) is 23.2 Å². The first-order valence-corrected chi connectivity index (χ1v) is 7.33. The van der Waals surface area contributed by atoms with Crippen molar-refractivity contribution in [3.05, 3.63) is 46.6 Å². The van der Waals surface area contributed by atoms with Crippen LogP contribution in [0, 0.1) is 0 Å². The van der Waals surface area contributed by atoms with Gasteiger partial charge in [-0.2, -0.15) is 0 Å².